The Morgan fingerprint density at radius 3 is 1.31 bits per heavy atom. The van der Waals surface area contributed by atoms with Gasteiger partial charge in [-0.15, -0.1) is 0 Å². The average Bonchev–Trinajstić information content (AvgIpc) is 2.87. The highest BCUT2D eigenvalue weighted by molar-refractivity contribution is 6.77. The van der Waals surface area contributed by atoms with Crippen LogP contribution in [0.1, 0.15) is 123 Å². The first kappa shape index (κ1) is 44.4. The first-order valence-corrected chi connectivity index (χ1v) is 19.8. The van der Waals surface area contributed by atoms with Gasteiger partial charge in [0.2, 0.25) is 0 Å². The molecule has 0 saturated carbocycles. The lowest BCUT2D eigenvalue weighted by Crippen LogP contribution is -2.59. The number of ether oxygens (including phenoxy) is 7. The maximum Gasteiger partial charge on any atom is 0.308 e. The fourth-order valence-electron chi connectivity index (χ4n) is 6.28. The second kappa shape index (κ2) is 19.1. The SMILES string of the molecule is CC(C)[Si](OC[C@H]1OC[C@H](OCCC(=O)OC(C)(C)C)[C@@H](OCCC(=O)OC(C)(C)C)[C@@H]1OCCC(=O)OC(C)(C)C)(C(C)C)C(C)C. The van der Waals surface area contributed by atoms with E-state index in [0.717, 1.165) is 0 Å². The minimum Gasteiger partial charge on any atom is -0.460 e. The molecule has 0 aliphatic carbocycles. The summed E-state index contributed by atoms with van der Waals surface area (Å²) in [7, 11) is -2.27. The van der Waals surface area contributed by atoms with Crippen LogP contribution in [-0.4, -0.2) is 100 Å². The van der Waals surface area contributed by atoms with E-state index in [1.165, 1.54) is 0 Å². The standard InChI is InChI=1S/C36H68O11Si/c1-24(2)48(25(3)4,26(5)6)44-23-28-33(42-21-18-31(39)47-36(13,14)15)32(41-20-17-30(38)46-35(10,11)12)27(22-43-28)40-19-16-29(37)45-34(7,8)9/h24-28,32-33H,16-23H2,1-15H3/t27-,28+,32+,33+/m0/s1. The van der Waals surface area contributed by atoms with Crippen LogP contribution in [0.4, 0.5) is 0 Å². The number of carbonyl (C=O) groups excluding carboxylic acids is 3. The van der Waals surface area contributed by atoms with E-state index in [2.05, 4.69) is 41.5 Å². The van der Waals surface area contributed by atoms with Crippen molar-refractivity contribution in [3.05, 3.63) is 0 Å². The second-order valence-corrected chi connectivity index (χ2v) is 22.0. The lowest BCUT2D eigenvalue weighted by molar-refractivity contribution is -0.236. The fourth-order valence-corrected chi connectivity index (χ4v) is 11.7. The summed E-state index contributed by atoms with van der Waals surface area (Å²) in [5.74, 6) is -1.15. The van der Waals surface area contributed by atoms with Crippen LogP contribution in [0.3, 0.4) is 0 Å². The van der Waals surface area contributed by atoms with Gasteiger partial charge in [-0.2, -0.15) is 0 Å². The van der Waals surface area contributed by atoms with Gasteiger partial charge in [-0.05, 0) is 78.9 Å². The van der Waals surface area contributed by atoms with Gasteiger partial charge in [0.15, 0.2) is 8.32 Å². The number of rotatable bonds is 18. The zero-order valence-electron chi connectivity index (χ0n) is 32.7. The molecule has 0 radical (unpaired) electrons. The minimum atomic E-state index is -2.27. The molecule has 0 aromatic carbocycles. The first-order chi connectivity index (χ1) is 21.9. The van der Waals surface area contributed by atoms with Crippen molar-refractivity contribution < 1.29 is 52.0 Å². The molecule has 1 fully saturated rings. The molecule has 0 aromatic heterocycles. The Kier molecular flexibility index (Phi) is 17.7. The highest BCUT2D eigenvalue weighted by Crippen LogP contribution is 2.42. The molecule has 1 aliphatic rings. The Hall–Kier alpha value is -1.57. The molecule has 1 heterocycles. The van der Waals surface area contributed by atoms with Gasteiger partial charge in [-0.25, -0.2) is 0 Å². The number of esters is 3. The predicted molar refractivity (Wildman–Crippen MR) is 187 cm³/mol. The molecular weight excluding hydrogens is 636 g/mol. The van der Waals surface area contributed by atoms with Gasteiger partial charge in [0.1, 0.15) is 41.2 Å². The predicted octanol–water partition coefficient (Wildman–Crippen LogP) is 6.93. The molecule has 0 unspecified atom stereocenters. The Bertz CT molecular complexity index is 970. The topological polar surface area (TPSA) is 125 Å². The van der Waals surface area contributed by atoms with Crippen molar-refractivity contribution in [1.29, 1.82) is 0 Å². The Morgan fingerprint density at radius 2 is 0.958 bits per heavy atom. The molecule has 0 amide bonds. The van der Waals surface area contributed by atoms with Crippen LogP contribution in [0.25, 0.3) is 0 Å². The summed E-state index contributed by atoms with van der Waals surface area (Å²) in [4.78, 5) is 37.5. The van der Waals surface area contributed by atoms with Gasteiger partial charge in [-0.3, -0.25) is 14.4 Å². The van der Waals surface area contributed by atoms with Gasteiger partial charge in [0.25, 0.3) is 0 Å². The summed E-state index contributed by atoms with van der Waals surface area (Å²) in [6, 6.07) is 0. The molecule has 4 atom stereocenters. The van der Waals surface area contributed by atoms with Crippen molar-refractivity contribution >= 4 is 26.2 Å². The maximum atomic E-state index is 12.6. The van der Waals surface area contributed by atoms with Crippen LogP contribution in [0, 0.1) is 0 Å². The minimum absolute atomic E-state index is 0.0229. The van der Waals surface area contributed by atoms with Gasteiger partial charge in [0, 0.05) is 0 Å². The van der Waals surface area contributed by atoms with Crippen molar-refractivity contribution in [2.75, 3.05) is 33.0 Å². The van der Waals surface area contributed by atoms with Gasteiger partial charge < -0.3 is 37.6 Å². The van der Waals surface area contributed by atoms with E-state index in [1.807, 2.05) is 62.3 Å². The number of carbonyl (C=O) groups is 3. The van der Waals surface area contributed by atoms with Crippen LogP contribution < -0.4 is 0 Å². The molecule has 11 nitrogen and oxygen atoms in total. The lowest BCUT2D eigenvalue weighted by Gasteiger charge is -2.46. The maximum absolute atomic E-state index is 12.6. The molecule has 1 aliphatic heterocycles. The van der Waals surface area contributed by atoms with Crippen LogP contribution in [0.2, 0.25) is 16.6 Å². The Labute approximate surface area is 291 Å². The van der Waals surface area contributed by atoms with E-state index in [0.29, 0.717) is 16.6 Å². The quantitative estimate of drug-likeness (QED) is 0.0838. The smallest absolute Gasteiger partial charge is 0.308 e. The van der Waals surface area contributed by atoms with Gasteiger partial charge >= 0.3 is 17.9 Å². The fraction of sp³-hybridized carbons (Fsp3) is 0.917. The molecule has 0 spiro atoms. The Morgan fingerprint density at radius 1 is 0.604 bits per heavy atom. The third-order valence-electron chi connectivity index (χ3n) is 7.87. The number of hydrogen-bond donors (Lipinski definition) is 0. The van der Waals surface area contributed by atoms with E-state index < -0.39 is 49.5 Å². The molecule has 0 N–H and O–H groups in total. The van der Waals surface area contributed by atoms with Crippen molar-refractivity contribution in [3.63, 3.8) is 0 Å². The highest BCUT2D eigenvalue weighted by atomic mass is 28.4. The van der Waals surface area contributed by atoms with Crippen LogP contribution >= 0.6 is 0 Å². The van der Waals surface area contributed by atoms with Crippen LogP contribution in [0.15, 0.2) is 0 Å². The second-order valence-electron chi connectivity index (χ2n) is 16.6. The third kappa shape index (κ3) is 16.0. The highest BCUT2D eigenvalue weighted by Gasteiger charge is 2.48. The molecule has 1 rings (SSSR count). The van der Waals surface area contributed by atoms with Crippen LogP contribution in [0.5, 0.6) is 0 Å². The first-order valence-electron chi connectivity index (χ1n) is 17.6. The summed E-state index contributed by atoms with van der Waals surface area (Å²) in [5.41, 5.74) is -0.787. The van der Waals surface area contributed by atoms with E-state index in [1.54, 1.807) is 0 Å². The van der Waals surface area contributed by atoms with E-state index >= 15 is 0 Å². The normalized spacial score (nSPS) is 21.1. The van der Waals surface area contributed by atoms with Crippen molar-refractivity contribution in [3.8, 4) is 0 Å². The zero-order chi connectivity index (χ0) is 37.1. The molecule has 282 valence electrons. The van der Waals surface area contributed by atoms with E-state index in [4.69, 9.17) is 37.6 Å². The molecule has 48 heavy (non-hydrogen) atoms. The molecule has 0 bridgehead atoms. The molecular formula is C36H68O11Si. The summed E-state index contributed by atoms with van der Waals surface area (Å²) in [6.07, 6.45) is -2.47. The Balaban J connectivity index is 3.32. The van der Waals surface area contributed by atoms with Crippen molar-refractivity contribution in [2.24, 2.45) is 0 Å². The van der Waals surface area contributed by atoms with Gasteiger partial charge in [0.05, 0.1) is 52.3 Å². The van der Waals surface area contributed by atoms with Crippen molar-refractivity contribution in [2.45, 2.75) is 181 Å². The molecule has 0 aromatic rings. The molecule has 1 saturated heterocycles. The van der Waals surface area contributed by atoms with E-state index in [-0.39, 0.29) is 70.2 Å². The average molecular weight is 705 g/mol. The summed E-state index contributed by atoms with van der Waals surface area (Å²) in [5, 5.41) is 0. The summed E-state index contributed by atoms with van der Waals surface area (Å²) < 4.78 is 48.7. The van der Waals surface area contributed by atoms with E-state index in [9.17, 15) is 14.4 Å². The van der Waals surface area contributed by atoms with Gasteiger partial charge in [-0.1, -0.05) is 41.5 Å². The summed E-state index contributed by atoms with van der Waals surface area (Å²) >= 11 is 0. The zero-order valence-corrected chi connectivity index (χ0v) is 33.7. The summed E-state index contributed by atoms with van der Waals surface area (Å²) in [6.45, 7) is 30.3. The monoisotopic (exact) mass is 704 g/mol. The van der Waals surface area contributed by atoms with Crippen molar-refractivity contribution in [1.82, 2.24) is 0 Å². The lowest BCUT2D eigenvalue weighted by atomic mass is 9.99. The molecule has 12 heteroatoms. The number of hydrogen-bond acceptors (Lipinski definition) is 11. The van der Waals surface area contributed by atoms with Crippen LogP contribution in [-0.2, 0) is 52.0 Å². The largest absolute Gasteiger partial charge is 0.460 e. The third-order valence-corrected chi connectivity index (χ3v) is 13.9.